The smallest absolute Gasteiger partial charge is 0.180 e. The summed E-state index contributed by atoms with van der Waals surface area (Å²) in [6.07, 6.45) is 0. The van der Waals surface area contributed by atoms with Crippen LogP contribution in [-0.2, 0) is 6.54 Å². The maximum atomic E-state index is 4.84. The van der Waals surface area contributed by atoms with Gasteiger partial charge < -0.3 is 4.57 Å². The minimum atomic E-state index is 0.253. The third kappa shape index (κ3) is 3.73. The van der Waals surface area contributed by atoms with Crippen LogP contribution in [0.3, 0.4) is 0 Å². The first-order valence-corrected chi connectivity index (χ1v) is 11.6. The molecule has 2 aromatic carbocycles. The van der Waals surface area contributed by atoms with E-state index in [9.17, 15) is 0 Å². The van der Waals surface area contributed by atoms with Gasteiger partial charge in [-0.1, -0.05) is 62.4 Å². The number of aromatic nitrogens is 8. The fraction of sp³-hybridized carbons (Fsp3) is 0.182. The first kappa shape index (κ1) is 20.9. The lowest BCUT2D eigenvalue weighted by Crippen LogP contribution is -2.07. The molecule has 32 heavy (non-hydrogen) atoms. The normalized spacial score (nSPS) is 11.5. The van der Waals surface area contributed by atoms with E-state index in [4.69, 9.17) is 4.98 Å². The molecule has 5 aromatic rings. The average Bonchev–Trinajstić information content (AvgIpc) is 3.46. The van der Waals surface area contributed by atoms with Crippen molar-refractivity contribution in [3.8, 4) is 22.5 Å². The molecular formula is C22H18Br2N8. The first-order valence-electron chi connectivity index (χ1n) is 10.0. The molecule has 0 atom stereocenters. The molecule has 0 aliphatic rings. The van der Waals surface area contributed by atoms with Gasteiger partial charge in [-0.15, -0.1) is 15.3 Å². The Bertz CT molecular complexity index is 1390. The zero-order chi connectivity index (χ0) is 22.2. The molecule has 0 saturated heterocycles. The van der Waals surface area contributed by atoms with Crippen LogP contribution in [-0.4, -0.2) is 40.4 Å². The van der Waals surface area contributed by atoms with Gasteiger partial charge in [0.15, 0.2) is 15.0 Å². The molecule has 1 N–H and O–H groups in total. The standard InChI is InChI=1S/C22H18Br2N8/c1-12(2)22-25-17-18(20(24)27-26-19(17)23)32(22)11-13-7-9-14(10-8-13)15-5-3-4-6-16(15)21-28-30-31-29-21/h3-10,12H,11H2,1-2H3,(H,28,29,30,31). The highest BCUT2D eigenvalue weighted by atomic mass is 79.9. The second-order valence-corrected chi connectivity index (χ2v) is 9.18. The van der Waals surface area contributed by atoms with Crippen molar-refractivity contribution in [3.05, 3.63) is 69.1 Å². The van der Waals surface area contributed by atoms with Gasteiger partial charge in [0.1, 0.15) is 16.9 Å². The van der Waals surface area contributed by atoms with Crippen LogP contribution in [0.15, 0.2) is 57.7 Å². The Kier molecular flexibility index (Phi) is 5.56. The molecular weight excluding hydrogens is 536 g/mol. The molecule has 3 heterocycles. The van der Waals surface area contributed by atoms with Gasteiger partial charge in [-0.25, -0.2) is 10.1 Å². The lowest BCUT2D eigenvalue weighted by molar-refractivity contribution is 0.682. The molecule has 0 bridgehead atoms. The van der Waals surface area contributed by atoms with E-state index in [1.807, 2.05) is 18.2 Å². The van der Waals surface area contributed by atoms with Crippen molar-refractivity contribution in [2.45, 2.75) is 26.3 Å². The van der Waals surface area contributed by atoms with Crippen molar-refractivity contribution < 1.29 is 0 Å². The number of nitrogens with zero attached hydrogens (tertiary/aromatic N) is 7. The average molecular weight is 554 g/mol. The third-order valence-electron chi connectivity index (χ3n) is 5.26. The highest BCUT2D eigenvalue weighted by molar-refractivity contribution is 9.11. The SMILES string of the molecule is CC(C)c1nc2c(Br)nnc(Br)c2n1Cc1ccc(-c2ccccc2-c2nnn[nH]2)cc1. The van der Waals surface area contributed by atoms with Crippen LogP contribution in [0.25, 0.3) is 33.5 Å². The largest absolute Gasteiger partial charge is 0.321 e. The second kappa shape index (κ2) is 8.51. The summed E-state index contributed by atoms with van der Waals surface area (Å²) in [6.45, 7) is 4.95. The molecule has 8 nitrogen and oxygen atoms in total. The number of halogens is 2. The van der Waals surface area contributed by atoms with E-state index in [1.54, 1.807) is 0 Å². The van der Waals surface area contributed by atoms with Crippen LogP contribution in [0.4, 0.5) is 0 Å². The Hall–Kier alpha value is -2.98. The van der Waals surface area contributed by atoms with E-state index in [0.717, 1.165) is 39.1 Å². The van der Waals surface area contributed by atoms with Crippen LogP contribution >= 0.6 is 31.9 Å². The molecule has 0 amide bonds. The third-order valence-corrected chi connectivity index (χ3v) is 6.33. The van der Waals surface area contributed by atoms with Crippen LogP contribution in [0.5, 0.6) is 0 Å². The Balaban J connectivity index is 1.53. The number of rotatable bonds is 5. The van der Waals surface area contributed by atoms with Crippen molar-refractivity contribution >= 4 is 42.9 Å². The van der Waals surface area contributed by atoms with Crippen molar-refractivity contribution in [2.24, 2.45) is 0 Å². The topological polar surface area (TPSA) is 98.1 Å². The van der Waals surface area contributed by atoms with Gasteiger partial charge in [-0.05, 0) is 59.0 Å². The van der Waals surface area contributed by atoms with E-state index in [1.165, 1.54) is 0 Å². The first-order chi connectivity index (χ1) is 15.5. The Morgan fingerprint density at radius 1 is 0.906 bits per heavy atom. The van der Waals surface area contributed by atoms with Crippen molar-refractivity contribution in [1.29, 1.82) is 0 Å². The number of aromatic amines is 1. The molecule has 0 fully saturated rings. The van der Waals surface area contributed by atoms with E-state index in [2.05, 4.69) is 111 Å². The lowest BCUT2D eigenvalue weighted by atomic mass is 9.98. The summed E-state index contributed by atoms with van der Waals surface area (Å²) >= 11 is 7.04. The quantitative estimate of drug-likeness (QED) is 0.314. The Morgan fingerprint density at radius 3 is 2.31 bits per heavy atom. The molecule has 0 saturated carbocycles. The molecule has 0 spiro atoms. The van der Waals surface area contributed by atoms with Crippen molar-refractivity contribution in [1.82, 2.24) is 40.4 Å². The molecule has 0 aliphatic heterocycles. The number of nitrogens with one attached hydrogen (secondary N) is 1. The lowest BCUT2D eigenvalue weighted by Gasteiger charge is -2.13. The predicted molar refractivity (Wildman–Crippen MR) is 129 cm³/mol. The highest BCUT2D eigenvalue weighted by Crippen LogP contribution is 2.32. The highest BCUT2D eigenvalue weighted by Gasteiger charge is 2.20. The summed E-state index contributed by atoms with van der Waals surface area (Å²) in [5.41, 5.74) is 6.02. The molecule has 160 valence electrons. The van der Waals surface area contributed by atoms with Crippen LogP contribution in [0.1, 0.15) is 31.2 Å². The summed E-state index contributed by atoms with van der Waals surface area (Å²) in [7, 11) is 0. The molecule has 0 unspecified atom stereocenters. The maximum absolute atomic E-state index is 4.84. The number of tetrazole rings is 1. The summed E-state index contributed by atoms with van der Waals surface area (Å²) in [5.74, 6) is 1.89. The van der Waals surface area contributed by atoms with Gasteiger partial charge in [0.25, 0.3) is 0 Å². The maximum Gasteiger partial charge on any atom is 0.180 e. The molecule has 0 radical (unpaired) electrons. The fourth-order valence-corrected chi connectivity index (χ4v) is 4.63. The number of benzene rings is 2. The van der Waals surface area contributed by atoms with E-state index in [0.29, 0.717) is 21.6 Å². The van der Waals surface area contributed by atoms with Gasteiger partial charge >= 0.3 is 0 Å². The molecule has 3 aromatic heterocycles. The summed E-state index contributed by atoms with van der Waals surface area (Å²) in [5, 5.41) is 22.7. The summed E-state index contributed by atoms with van der Waals surface area (Å²) in [6, 6.07) is 16.6. The second-order valence-electron chi connectivity index (χ2n) is 7.68. The number of hydrogen-bond donors (Lipinski definition) is 1. The van der Waals surface area contributed by atoms with E-state index < -0.39 is 0 Å². The number of fused-ring (bicyclic) bond motifs is 1. The van der Waals surface area contributed by atoms with Crippen molar-refractivity contribution in [2.75, 3.05) is 0 Å². The molecule has 5 rings (SSSR count). The Labute approximate surface area is 200 Å². The fourth-order valence-electron chi connectivity index (χ4n) is 3.79. The van der Waals surface area contributed by atoms with Gasteiger partial charge in [0.2, 0.25) is 0 Å². The monoisotopic (exact) mass is 552 g/mol. The minimum absolute atomic E-state index is 0.253. The van der Waals surface area contributed by atoms with Crippen LogP contribution < -0.4 is 0 Å². The van der Waals surface area contributed by atoms with E-state index >= 15 is 0 Å². The number of H-pyrrole nitrogens is 1. The van der Waals surface area contributed by atoms with Gasteiger partial charge in [-0.2, -0.15) is 0 Å². The molecule has 10 heteroatoms. The van der Waals surface area contributed by atoms with Gasteiger partial charge in [-0.3, -0.25) is 0 Å². The predicted octanol–water partition coefficient (Wildman–Crippen LogP) is 5.37. The van der Waals surface area contributed by atoms with Crippen LogP contribution in [0, 0.1) is 0 Å². The zero-order valence-electron chi connectivity index (χ0n) is 17.3. The molecule has 0 aliphatic carbocycles. The van der Waals surface area contributed by atoms with Crippen molar-refractivity contribution in [3.63, 3.8) is 0 Å². The number of hydrogen-bond acceptors (Lipinski definition) is 6. The summed E-state index contributed by atoms with van der Waals surface area (Å²) < 4.78 is 3.53. The Morgan fingerprint density at radius 2 is 1.62 bits per heavy atom. The number of imidazole rings is 1. The zero-order valence-corrected chi connectivity index (χ0v) is 20.5. The minimum Gasteiger partial charge on any atom is -0.321 e. The van der Waals surface area contributed by atoms with E-state index in [-0.39, 0.29) is 5.92 Å². The van der Waals surface area contributed by atoms with Gasteiger partial charge in [0, 0.05) is 18.0 Å². The van der Waals surface area contributed by atoms with Gasteiger partial charge in [0.05, 0.1) is 0 Å². The summed E-state index contributed by atoms with van der Waals surface area (Å²) in [4.78, 5) is 4.84. The van der Waals surface area contributed by atoms with Crippen LogP contribution in [0.2, 0.25) is 0 Å².